The molecule has 2 aromatic carbocycles. The zero-order chi connectivity index (χ0) is 21.4. The lowest BCUT2D eigenvalue weighted by Crippen LogP contribution is -2.46. The van der Waals surface area contributed by atoms with Crippen LogP contribution in [0.3, 0.4) is 0 Å². The van der Waals surface area contributed by atoms with Gasteiger partial charge in [0.05, 0.1) is 23.2 Å². The van der Waals surface area contributed by atoms with E-state index in [4.69, 9.17) is 4.74 Å². The summed E-state index contributed by atoms with van der Waals surface area (Å²) in [5, 5.41) is 3.08. The SMILES string of the molecule is Cc1ccc(C2(CC(=O)NCc3nc4ccc(C)cc4[nH]3)CCOC(C)(C)C2)cc1. The van der Waals surface area contributed by atoms with Gasteiger partial charge in [-0.1, -0.05) is 35.9 Å². The van der Waals surface area contributed by atoms with Gasteiger partial charge in [-0.25, -0.2) is 4.98 Å². The number of aromatic nitrogens is 2. The van der Waals surface area contributed by atoms with Gasteiger partial charge in [0.25, 0.3) is 0 Å². The van der Waals surface area contributed by atoms with Crippen LogP contribution >= 0.6 is 0 Å². The van der Waals surface area contributed by atoms with E-state index in [1.165, 1.54) is 16.7 Å². The highest BCUT2D eigenvalue weighted by atomic mass is 16.5. The molecular formula is C25H31N3O2. The van der Waals surface area contributed by atoms with Gasteiger partial charge in [-0.05, 0) is 63.8 Å². The van der Waals surface area contributed by atoms with Crippen LogP contribution in [0.5, 0.6) is 0 Å². The highest BCUT2D eigenvalue weighted by molar-refractivity contribution is 5.78. The molecule has 5 nitrogen and oxygen atoms in total. The minimum atomic E-state index is -0.250. The lowest BCUT2D eigenvalue weighted by atomic mass is 9.67. The van der Waals surface area contributed by atoms with Gasteiger partial charge in [0.15, 0.2) is 0 Å². The first-order valence-electron chi connectivity index (χ1n) is 10.7. The summed E-state index contributed by atoms with van der Waals surface area (Å²) in [6.07, 6.45) is 2.11. The van der Waals surface area contributed by atoms with Gasteiger partial charge < -0.3 is 15.0 Å². The minimum Gasteiger partial charge on any atom is -0.376 e. The topological polar surface area (TPSA) is 67.0 Å². The zero-order valence-electron chi connectivity index (χ0n) is 18.3. The molecule has 1 aromatic heterocycles. The van der Waals surface area contributed by atoms with Gasteiger partial charge in [-0.15, -0.1) is 0 Å². The molecule has 158 valence electrons. The molecule has 1 amide bonds. The fourth-order valence-electron chi connectivity index (χ4n) is 4.70. The van der Waals surface area contributed by atoms with E-state index >= 15 is 0 Å². The van der Waals surface area contributed by atoms with Gasteiger partial charge in [-0.2, -0.15) is 0 Å². The van der Waals surface area contributed by atoms with Crippen molar-refractivity contribution in [1.29, 1.82) is 0 Å². The van der Waals surface area contributed by atoms with Crippen molar-refractivity contribution in [3.8, 4) is 0 Å². The Morgan fingerprint density at radius 1 is 1.13 bits per heavy atom. The van der Waals surface area contributed by atoms with E-state index in [0.29, 0.717) is 19.6 Å². The van der Waals surface area contributed by atoms with Crippen molar-refractivity contribution in [2.45, 2.75) is 64.5 Å². The second-order valence-corrected chi connectivity index (χ2v) is 9.34. The monoisotopic (exact) mass is 405 g/mol. The first kappa shape index (κ1) is 20.6. The first-order valence-corrected chi connectivity index (χ1v) is 10.7. The van der Waals surface area contributed by atoms with Crippen LogP contribution < -0.4 is 5.32 Å². The Morgan fingerprint density at radius 2 is 1.87 bits per heavy atom. The number of carbonyl (C=O) groups is 1. The second kappa shape index (κ2) is 7.88. The van der Waals surface area contributed by atoms with Crippen LogP contribution in [0.2, 0.25) is 0 Å². The molecule has 1 atom stereocenters. The summed E-state index contributed by atoms with van der Waals surface area (Å²) in [7, 11) is 0. The van der Waals surface area contributed by atoms with Crippen molar-refractivity contribution in [1.82, 2.24) is 15.3 Å². The number of H-pyrrole nitrogens is 1. The van der Waals surface area contributed by atoms with E-state index < -0.39 is 0 Å². The number of hydrogen-bond donors (Lipinski definition) is 2. The predicted molar refractivity (Wildman–Crippen MR) is 119 cm³/mol. The van der Waals surface area contributed by atoms with Crippen molar-refractivity contribution < 1.29 is 9.53 Å². The largest absolute Gasteiger partial charge is 0.376 e. The quantitative estimate of drug-likeness (QED) is 0.646. The van der Waals surface area contributed by atoms with Crippen LogP contribution in [0, 0.1) is 13.8 Å². The van der Waals surface area contributed by atoms with Gasteiger partial charge in [0.2, 0.25) is 5.91 Å². The van der Waals surface area contributed by atoms with Gasteiger partial charge in [0, 0.05) is 18.4 Å². The third-order valence-corrected chi connectivity index (χ3v) is 6.14. The molecule has 1 aliphatic rings. The number of aryl methyl sites for hydroxylation is 2. The number of nitrogens with one attached hydrogen (secondary N) is 2. The molecule has 5 heteroatoms. The fourth-order valence-corrected chi connectivity index (χ4v) is 4.70. The Labute approximate surface area is 178 Å². The molecule has 2 N–H and O–H groups in total. The highest BCUT2D eigenvalue weighted by Gasteiger charge is 2.43. The van der Waals surface area contributed by atoms with E-state index in [9.17, 15) is 4.79 Å². The molecule has 0 aliphatic carbocycles. The van der Waals surface area contributed by atoms with Crippen molar-refractivity contribution in [3.63, 3.8) is 0 Å². The molecule has 3 aromatic rings. The Kier molecular flexibility index (Phi) is 5.41. The van der Waals surface area contributed by atoms with E-state index in [0.717, 1.165) is 29.7 Å². The molecule has 0 spiro atoms. The van der Waals surface area contributed by atoms with Gasteiger partial charge in [0.1, 0.15) is 5.82 Å². The van der Waals surface area contributed by atoms with Crippen LogP contribution in [-0.4, -0.2) is 28.1 Å². The van der Waals surface area contributed by atoms with E-state index in [1.807, 2.05) is 12.1 Å². The lowest BCUT2D eigenvalue weighted by molar-refractivity contribution is -0.126. The Balaban J connectivity index is 1.50. The number of amides is 1. The van der Waals surface area contributed by atoms with Crippen molar-refractivity contribution in [3.05, 3.63) is 65.0 Å². The first-order chi connectivity index (χ1) is 14.2. The molecule has 0 radical (unpaired) electrons. The van der Waals surface area contributed by atoms with Crippen LogP contribution in [0.1, 0.15) is 55.6 Å². The number of fused-ring (bicyclic) bond motifs is 1. The summed E-state index contributed by atoms with van der Waals surface area (Å²) < 4.78 is 5.97. The molecule has 0 bridgehead atoms. The second-order valence-electron chi connectivity index (χ2n) is 9.34. The Hall–Kier alpha value is -2.66. The lowest BCUT2D eigenvalue weighted by Gasteiger charge is -2.45. The summed E-state index contributed by atoms with van der Waals surface area (Å²) in [4.78, 5) is 20.9. The van der Waals surface area contributed by atoms with Crippen molar-refractivity contribution in [2.75, 3.05) is 6.61 Å². The third kappa shape index (κ3) is 4.41. The normalized spacial score (nSPS) is 20.9. The maximum absolute atomic E-state index is 13.0. The maximum Gasteiger partial charge on any atom is 0.221 e. The molecule has 1 saturated heterocycles. The molecule has 30 heavy (non-hydrogen) atoms. The molecule has 1 fully saturated rings. The summed E-state index contributed by atoms with van der Waals surface area (Å²) in [5.41, 5.74) is 5.09. The fraction of sp³-hybridized carbons (Fsp3) is 0.440. The molecule has 1 aliphatic heterocycles. The number of aromatic amines is 1. The van der Waals surface area contributed by atoms with Crippen LogP contribution in [0.25, 0.3) is 11.0 Å². The maximum atomic E-state index is 13.0. The van der Waals surface area contributed by atoms with Crippen molar-refractivity contribution >= 4 is 16.9 Å². The van der Waals surface area contributed by atoms with Crippen LogP contribution in [-0.2, 0) is 21.5 Å². The molecular weight excluding hydrogens is 374 g/mol. The minimum absolute atomic E-state index is 0.0462. The number of rotatable bonds is 5. The van der Waals surface area contributed by atoms with Crippen LogP contribution in [0.4, 0.5) is 0 Å². The number of imidazole rings is 1. The van der Waals surface area contributed by atoms with Gasteiger partial charge >= 0.3 is 0 Å². The number of nitrogens with zero attached hydrogens (tertiary/aromatic N) is 1. The summed E-state index contributed by atoms with van der Waals surface area (Å²) >= 11 is 0. The number of hydrogen-bond acceptors (Lipinski definition) is 3. The highest BCUT2D eigenvalue weighted by Crippen LogP contribution is 2.44. The van der Waals surface area contributed by atoms with Gasteiger partial charge in [-0.3, -0.25) is 4.79 Å². The number of carbonyl (C=O) groups excluding carboxylic acids is 1. The summed E-state index contributed by atoms with van der Waals surface area (Å²) in [6.45, 7) is 9.44. The Bertz CT molecular complexity index is 1050. The predicted octanol–water partition coefficient (Wildman–Crippen LogP) is 4.71. The number of benzene rings is 2. The molecule has 1 unspecified atom stereocenters. The summed E-state index contributed by atoms with van der Waals surface area (Å²) in [6, 6.07) is 14.7. The smallest absolute Gasteiger partial charge is 0.221 e. The average Bonchev–Trinajstić information content (AvgIpc) is 3.08. The van der Waals surface area contributed by atoms with Crippen molar-refractivity contribution in [2.24, 2.45) is 0 Å². The van der Waals surface area contributed by atoms with E-state index in [2.05, 4.69) is 73.3 Å². The summed E-state index contributed by atoms with van der Waals surface area (Å²) in [5.74, 6) is 0.825. The Morgan fingerprint density at radius 3 is 2.60 bits per heavy atom. The standard InChI is InChI=1S/C25H31N3O2/c1-17-5-8-19(9-6-17)25(11-12-30-24(3,4)16-25)14-23(29)26-15-22-27-20-10-7-18(2)13-21(20)28-22/h5-10,13H,11-12,14-16H2,1-4H3,(H,26,29)(H,27,28). The number of ether oxygens (including phenoxy) is 1. The van der Waals surface area contributed by atoms with E-state index in [1.54, 1.807) is 0 Å². The average molecular weight is 406 g/mol. The third-order valence-electron chi connectivity index (χ3n) is 6.14. The zero-order valence-corrected chi connectivity index (χ0v) is 18.3. The molecule has 4 rings (SSSR count). The van der Waals surface area contributed by atoms with Crippen LogP contribution in [0.15, 0.2) is 42.5 Å². The van der Waals surface area contributed by atoms with E-state index in [-0.39, 0.29) is 16.9 Å². The molecule has 2 heterocycles. The molecule has 0 saturated carbocycles.